The van der Waals surface area contributed by atoms with Crippen molar-refractivity contribution in [1.29, 1.82) is 0 Å². The predicted octanol–water partition coefficient (Wildman–Crippen LogP) is 1.50. The summed E-state index contributed by atoms with van der Waals surface area (Å²) in [6, 6.07) is 3.71. The van der Waals surface area contributed by atoms with Gasteiger partial charge in [0.2, 0.25) is 0 Å². The number of benzene rings is 1. The van der Waals surface area contributed by atoms with Gasteiger partial charge in [-0.1, -0.05) is 11.6 Å². The van der Waals surface area contributed by atoms with Crippen LogP contribution in [0.3, 0.4) is 0 Å². The Labute approximate surface area is 126 Å². The lowest BCUT2D eigenvalue weighted by molar-refractivity contribution is -0.0497. The van der Waals surface area contributed by atoms with Crippen LogP contribution in [0.4, 0.5) is 14.5 Å². The molecule has 1 fully saturated rings. The van der Waals surface area contributed by atoms with Crippen molar-refractivity contribution in [2.24, 2.45) is 0 Å². The third-order valence-electron chi connectivity index (χ3n) is 2.81. The number of anilines is 1. The minimum atomic E-state index is -3.69. The van der Waals surface area contributed by atoms with E-state index in [1.165, 1.54) is 22.5 Å². The van der Waals surface area contributed by atoms with Gasteiger partial charge < -0.3 is 10.1 Å². The van der Waals surface area contributed by atoms with E-state index in [0.29, 0.717) is 26.2 Å². The summed E-state index contributed by atoms with van der Waals surface area (Å²) >= 11 is 5.77. The topological polar surface area (TPSA) is 70.7 Å². The molecule has 6 nitrogen and oxygen atoms in total. The quantitative estimate of drug-likeness (QED) is 0.851. The Bertz CT molecular complexity index is 594. The Balaban J connectivity index is 2.10. The number of nitrogens with zero attached hydrogens (tertiary/aromatic N) is 1. The highest BCUT2D eigenvalue weighted by atomic mass is 35.5. The number of nitrogens with one attached hydrogen (secondary N) is 2. The highest BCUT2D eigenvalue weighted by molar-refractivity contribution is 7.90. The first-order chi connectivity index (χ1) is 9.88. The molecule has 0 bridgehead atoms. The maximum atomic E-state index is 12.1. The van der Waals surface area contributed by atoms with Crippen LogP contribution >= 0.6 is 11.6 Å². The molecule has 118 valence electrons. The summed E-state index contributed by atoms with van der Waals surface area (Å²) in [7, 11) is -3.69. The normalized spacial score (nSPS) is 17.0. The summed E-state index contributed by atoms with van der Waals surface area (Å²) in [5.41, 5.74) is 0.181. The van der Waals surface area contributed by atoms with Crippen LogP contribution in [0.1, 0.15) is 0 Å². The highest BCUT2D eigenvalue weighted by Gasteiger charge is 2.23. The third kappa shape index (κ3) is 4.40. The molecule has 1 aromatic rings. The molecule has 1 aliphatic rings. The average molecular weight is 342 g/mol. The van der Waals surface area contributed by atoms with Gasteiger partial charge in [0.05, 0.1) is 10.7 Å². The largest absolute Gasteiger partial charge is 0.433 e. The van der Waals surface area contributed by atoms with E-state index >= 15 is 0 Å². The van der Waals surface area contributed by atoms with E-state index in [4.69, 9.17) is 11.6 Å². The lowest BCUT2D eigenvalue weighted by Gasteiger charge is -2.26. The average Bonchev–Trinajstić information content (AvgIpc) is 2.42. The van der Waals surface area contributed by atoms with Gasteiger partial charge in [-0.15, -0.1) is 0 Å². The predicted molar refractivity (Wildman–Crippen MR) is 75.1 cm³/mol. The smallest absolute Gasteiger partial charge is 0.387 e. The van der Waals surface area contributed by atoms with Crippen LogP contribution < -0.4 is 14.8 Å². The molecule has 21 heavy (non-hydrogen) atoms. The fourth-order valence-electron chi connectivity index (χ4n) is 1.85. The molecule has 2 rings (SSSR count). The second-order valence-electron chi connectivity index (χ2n) is 4.28. The molecule has 1 saturated heterocycles. The van der Waals surface area contributed by atoms with Gasteiger partial charge >= 0.3 is 16.8 Å². The van der Waals surface area contributed by atoms with Crippen LogP contribution in [-0.2, 0) is 10.2 Å². The number of hydrogen-bond donors (Lipinski definition) is 2. The molecule has 0 amide bonds. The van der Waals surface area contributed by atoms with E-state index in [1.807, 2.05) is 0 Å². The van der Waals surface area contributed by atoms with Crippen molar-refractivity contribution < 1.29 is 21.9 Å². The fourth-order valence-corrected chi connectivity index (χ4v) is 3.30. The molecule has 1 aliphatic heterocycles. The van der Waals surface area contributed by atoms with E-state index in [9.17, 15) is 17.2 Å². The second kappa shape index (κ2) is 6.73. The molecule has 0 atom stereocenters. The van der Waals surface area contributed by atoms with Gasteiger partial charge in [-0.2, -0.15) is 21.5 Å². The third-order valence-corrected chi connectivity index (χ3v) is 4.64. The van der Waals surface area contributed by atoms with E-state index in [1.54, 1.807) is 0 Å². The Morgan fingerprint density at radius 1 is 1.33 bits per heavy atom. The molecule has 10 heteroatoms. The molecule has 0 spiro atoms. The van der Waals surface area contributed by atoms with Gasteiger partial charge in [0.15, 0.2) is 0 Å². The molecular formula is C11H14ClF2N3O3S. The van der Waals surface area contributed by atoms with Crippen LogP contribution in [0.5, 0.6) is 5.75 Å². The lowest BCUT2D eigenvalue weighted by Crippen LogP contribution is -2.48. The second-order valence-corrected chi connectivity index (χ2v) is 6.36. The van der Waals surface area contributed by atoms with Gasteiger partial charge in [-0.3, -0.25) is 4.72 Å². The molecule has 0 unspecified atom stereocenters. The Morgan fingerprint density at radius 2 is 2.00 bits per heavy atom. The van der Waals surface area contributed by atoms with E-state index in [-0.39, 0.29) is 16.5 Å². The molecule has 1 aromatic carbocycles. The number of halogens is 3. The van der Waals surface area contributed by atoms with Crippen molar-refractivity contribution in [2.75, 3.05) is 30.9 Å². The van der Waals surface area contributed by atoms with Crippen molar-refractivity contribution in [2.45, 2.75) is 6.61 Å². The van der Waals surface area contributed by atoms with Crippen LogP contribution in [0, 0.1) is 0 Å². The molecule has 0 radical (unpaired) electrons. The van der Waals surface area contributed by atoms with Crippen LogP contribution in [0.25, 0.3) is 0 Å². The van der Waals surface area contributed by atoms with Gasteiger partial charge in [-0.05, 0) is 18.2 Å². The first kappa shape index (κ1) is 16.2. The number of alkyl halides is 2. The van der Waals surface area contributed by atoms with Crippen molar-refractivity contribution in [3.63, 3.8) is 0 Å². The van der Waals surface area contributed by atoms with Gasteiger partial charge in [0.1, 0.15) is 5.75 Å². The minimum absolute atomic E-state index is 0.101. The molecule has 0 aromatic heterocycles. The Hall–Kier alpha value is -1.16. The number of piperazine rings is 1. The summed E-state index contributed by atoms with van der Waals surface area (Å²) in [5.74, 6) is -0.211. The summed E-state index contributed by atoms with van der Waals surface area (Å²) in [5, 5.41) is 2.94. The molecular weight excluding hydrogens is 328 g/mol. The summed E-state index contributed by atoms with van der Waals surface area (Å²) in [6.07, 6.45) is 0. The van der Waals surface area contributed by atoms with Crippen LogP contribution in [-0.4, -0.2) is 45.5 Å². The van der Waals surface area contributed by atoms with Crippen LogP contribution in [0.15, 0.2) is 18.2 Å². The van der Waals surface area contributed by atoms with Crippen molar-refractivity contribution in [1.82, 2.24) is 9.62 Å². The number of ether oxygens (including phenoxy) is 1. The zero-order valence-corrected chi connectivity index (χ0v) is 12.4. The van der Waals surface area contributed by atoms with E-state index in [2.05, 4.69) is 14.8 Å². The lowest BCUT2D eigenvalue weighted by atomic mass is 10.3. The van der Waals surface area contributed by atoms with Crippen molar-refractivity contribution in [3.05, 3.63) is 23.2 Å². The summed E-state index contributed by atoms with van der Waals surface area (Å²) < 4.78 is 56.3. The summed E-state index contributed by atoms with van der Waals surface area (Å²) in [4.78, 5) is 0. The van der Waals surface area contributed by atoms with Gasteiger partial charge in [-0.25, -0.2) is 0 Å². The zero-order valence-electron chi connectivity index (χ0n) is 10.9. The maximum absolute atomic E-state index is 12.1. The summed E-state index contributed by atoms with van der Waals surface area (Å²) in [6.45, 7) is -1.14. The first-order valence-corrected chi connectivity index (χ1v) is 7.93. The van der Waals surface area contributed by atoms with Crippen LogP contribution in [0.2, 0.25) is 5.02 Å². The molecule has 0 aliphatic carbocycles. The maximum Gasteiger partial charge on any atom is 0.387 e. The monoisotopic (exact) mass is 341 g/mol. The number of rotatable bonds is 5. The SMILES string of the molecule is O=S(=O)(Nc1ccc(OC(F)F)c(Cl)c1)N1CCNCC1. The Kier molecular flexibility index (Phi) is 5.20. The minimum Gasteiger partial charge on any atom is -0.433 e. The molecule has 2 N–H and O–H groups in total. The van der Waals surface area contributed by atoms with Gasteiger partial charge in [0, 0.05) is 26.2 Å². The van der Waals surface area contributed by atoms with E-state index < -0.39 is 16.8 Å². The zero-order chi connectivity index (χ0) is 15.5. The van der Waals surface area contributed by atoms with Gasteiger partial charge in [0.25, 0.3) is 0 Å². The first-order valence-electron chi connectivity index (χ1n) is 6.11. The molecule has 0 saturated carbocycles. The van der Waals surface area contributed by atoms with E-state index in [0.717, 1.165) is 0 Å². The highest BCUT2D eigenvalue weighted by Crippen LogP contribution is 2.29. The standard InChI is InChI=1S/C11H14ClF2N3O3S/c12-9-7-8(1-2-10(9)20-11(13)14)16-21(18,19)17-5-3-15-4-6-17/h1-2,7,11,15-16H,3-6H2. The van der Waals surface area contributed by atoms with Crippen molar-refractivity contribution in [3.8, 4) is 5.75 Å². The fraction of sp³-hybridized carbons (Fsp3) is 0.455. The number of hydrogen-bond acceptors (Lipinski definition) is 4. The van der Waals surface area contributed by atoms with Crippen molar-refractivity contribution >= 4 is 27.5 Å². The molecule has 1 heterocycles. The Morgan fingerprint density at radius 3 is 2.57 bits per heavy atom.